The summed E-state index contributed by atoms with van der Waals surface area (Å²) in [4.78, 5) is 38.8. The molecule has 53 heavy (non-hydrogen) atoms. The Hall–Kier alpha value is -5.25. The number of methoxy groups -OCH3 is 1. The summed E-state index contributed by atoms with van der Waals surface area (Å²) in [5, 5.41) is 12.5. The van der Waals surface area contributed by atoms with Crippen LogP contribution in [0.3, 0.4) is 0 Å². The number of aromatic nitrogens is 3. The number of carbonyl (C=O) groups is 2. The van der Waals surface area contributed by atoms with Crippen LogP contribution in [0.2, 0.25) is 5.02 Å². The molecule has 2 aliphatic heterocycles. The minimum absolute atomic E-state index is 0.000495. The highest BCUT2D eigenvalue weighted by Crippen LogP contribution is 2.50. The van der Waals surface area contributed by atoms with Crippen LogP contribution in [-0.2, 0) is 16.0 Å². The average Bonchev–Trinajstić information content (AvgIpc) is 3.55. The zero-order valence-corrected chi connectivity index (χ0v) is 30.2. The molecule has 1 amide bonds. The standard InChI is InChI=1S/C43H39ClN4O5/c1-52-28-10-7-25(8-11-28)29-12-9-27(44)23-34(29)36-16-13-30-33-24-38(42(49)47-19-21-53-22-20-47)48-40(31(33)14-17-35(30)45-36)39(26-5-3-2-4-6-26)32-15-18-37(43(50)51)46-41(32)48/h7-18,23,26,38H,2-6,19-22,24H2,1H3,(H,50,51). The van der Waals surface area contributed by atoms with E-state index in [1.165, 1.54) is 12.0 Å². The summed E-state index contributed by atoms with van der Waals surface area (Å²) in [6, 6.07) is 25.1. The number of halogens is 1. The Bertz CT molecular complexity index is 2410. The van der Waals surface area contributed by atoms with Gasteiger partial charge in [0.2, 0.25) is 5.91 Å². The third-order valence-corrected chi connectivity index (χ3v) is 11.6. The molecule has 0 radical (unpaired) electrons. The van der Waals surface area contributed by atoms with Gasteiger partial charge in [-0.3, -0.25) is 4.79 Å². The molecule has 0 spiro atoms. The smallest absolute Gasteiger partial charge is 0.354 e. The second-order valence-electron chi connectivity index (χ2n) is 14.3. The van der Waals surface area contributed by atoms with Gasteiger partial charge < -0.3 is 24.0 Å². The third kappa shape index (κ3) is 5.83. The highest BCUT2D eigenvalue weighted by atomic mass is 35.5. The first-order valence-electron chi connectivity index (χ1n) is 18.4. The van der Waals surface area contributed by atoms with E-state index in [4.69, 9.17) is 31.0 Å². The van der Waals surface area contributed by atoms with Crippen LogP contribution in [0.5, 0.6) is 5.75 Å². The largest absolute Gasteiger partial charge is 0.497 e. The molecule has 3 aromatic heterocycles. The van der Waals surface area contributed by atoms with Gasteiger partial charge in [0.15, 0.2) is 5.69 Å². The fourth-order valence-electron chi connectivity index (χ4n) is 8.79. The molecule has 1 aliphatic carbocycles. The molecule has 0 bridgehead atoms. The van der Waals surface area contributed by atoms with Gasteiger partial charge in [0.1, 0.15) is 17.4 Å². The fraction of sp³-hybridized carbons (Fsp3) is 0.302. The van der Waals surface area contributed by atoms with Crippen molar-refractivity contribution in [2.24, 2.45) is 0 Å². The number of fused-ring (bicyclic) bond motifs is 7. The number of carboxylic acid groups (broad SMARTS) is 1. The van der Waals surface area contributed by atoms with E-state index in [0.717, 1.165) is 86.9 Å². The number of rotatable bonds is 6. The van der Waals surface area contributed by atoms with Crippen LogP contribution in [0.1, 0.15) is 65.7 Å². The number of morpholine rings is 1. The summed E-state index contributed by atoms with van der Waals surface area (Å²) in [5.41, 5.74) is 9.40. The molecule has 5 heterocycles. The maximum atomic E-state index is 14.7. The van der Waals surface area contributed by atoms with Crippen molar-refractivity contribution in [3.05, 3.63) is 101 Å². The molecule has 3 aliphatic rings. The minimum atomic E-state index is -1.09. The zero-order valence-electron chi connectivity index (χ0n) is 29.5. The second-order valence-corrected chi connectivity index (χ2v) is 14.7. The van der Waals surface area contributed by atoms with Gasteiger partial charge in [-0.05, 0) is 89.5 Å². The summed E-state index contributed by atoms with van der Waals surface area (Å²) in [6.45, 7) is 1.99. The summed E-state index contributed by atoms with van der Waals surface area (Å²) < 4.78 is 13.1. The van der Waals surface area contributed by atoms with E-state index < -0.39 is 12.0 Å². The van der Waals surface area contributed by atoms with Crippen molar-refractivity contribution < 1.29 is 24.2 Å². The Morgan fingerprint density at radius 1 is 0.849 bits per heavy atom. The van der Waals surface area contributed by atoms with Crippen molar-refractivity contribution in [1.29, 1.82) is 0 Å². The SMILES string of the molecule is COc1ccc(-c2ccc(Cl)cc2-c2ccc3c4c(ccc3n2)-c2c(C3CCCCC3)c3ccc(C(=O)O)nc3n2C(C(=O)N2CCOCC2)C4)cc1. The summed E-state index contributed by atoms with van der Waals surface area (Å²) >= 11 is 6.58. The highest BCUT2D eigenvalue weighted by molar-refractivity contribution is 6.31. The molecule has 268 valence electrons. The molecule has 9 nitrogen and oxygen atoms in total. The average molecular weight is 727 g/mol. The predicted molar refractivity (Wildman–Crippen MR) is 206 cm³/mol. The molecular formula is C43H39ClN4O5. The Kier molecular flexibility index (Phi) is 8.63. The number of amides is 1. The number of aromatic carboxylic acids is 1. The molecule has 1 unspecified atom stereocenters. The summed E-state index contributed by atoms with van der Waals surface area (Å²) in [6.07, 6.45) is 5.97. The Morgan fingerprint density at radius 2 is 1.60 bits per heavy atom. The molecule has 6 aromatic rings. The number of benzene rings is 3. The Balaban J connectivity index is 1.25. The third-order valence-electron chi connectivity index (χ3n) is 11.3. The van der Waals surface area contributed by atoms with Crippen molar-refractivity contribution in [2.45, 2.75) is 50.5 Å². The van der Waals surface area contributed by atoms with Gasteiger partial charge >= 0.3 is 5.97 Å². The number of pyridine rings is 2. The Labute approximate surface area is 312 Å². The summed E-state index contributed by atoms with van der Waals surface area (Å²) in [7, 11) is 1.66. The number of hydrogen-bond donors (Lipinski definition) is 1. The van der Waals surface area contributed by atoms with Crippen molar-refractivity contribution in [2.75, 3.05) is 33.4 Å². The van der Waals surface area contributed by atoms with Gasteiger partial charge in [-0.2, -0.15) is 0 Å². The van der Waals surface area contributed by atoms with Gasteiger partial charge in [0.25, 0.3) is 0 Å². The van der Waals surface area contributed by atoms with E-state index in [-0.39, 0.29) is 17.5 Å². The minimum Gasteiger partial charge on any atom is -0.497 e. The van der Waals surface area contributed by atoms with Crippen molar-refractivity contribution in [3.63, 3.8) is 0 Å². The number of carboxylic acids is 1. The first kappa shape index (κ1) is 33.6. The van der Waals surface area contributed by atoms with Crippen molar-refractivity contribution >= 4 is 45.4 Å². The van der Waals surface area contributed by atoms with Crippen LogP contribution in [0, 0.1) is 0 Å². The first-order valence-corrected chi connectivity index (χ1v) is 18.8. The zero-order chi connectivity index (χ0) is 36.2. The number of carbonyl (C=O) groups excluding carboxylic acids is 1. The van der Waals surface area contributed by atoms with E-state index in [2.05, 4.69) is 22.8 Å². The van der Waals surface area contributed by atoms with E-state index in [9.17, 15) is 14.7 Å². The monoisotopic (exact) mass is 726 g/mol. The fourth-order valence-corrected chi connectivity index (χ4v) is 8.96. The number of nitrogens with zero attached hydrogens (tertiary/aromatic N) is 4. The van der Waals surface area contributed by atoms with Gasteiger partial charge in [-0.15, -0.1) is 0 Å². The highest BCUT2D eigenvalue weighted by Gasteiger charge is 2.39. The lowest BCUT2D eigenvalue weighted by Crippen LogP contribution is -2.45. The normalized spacial score (nSPS) is 17.5. The van der Waals surface area contributed by atoms with Crippen LogP contribution >= 0.6 is 11.6 Å². The second kappa shape index (κ2) is 13.6. The predicted octanol–water partition coefficient (Wildman–Crippen LogP) is 8.95. The molecule has 1 saturated carbocycles. The first-order chi connectivity index (χ1) is 25.9. The maximum Gasteiger partial charge on any atom is 0.354 e. The topological polar surface area (TPSA) is 107 Å². The van der Waals surface area contributed by atoms with E-state index in [0.29, 0.717) is 43.4 Å². The molecular weight excluding hydrogens is 688 g/mol. The quantitative estimate of drug-likeness (QED) is 0.183. The molecule has 2 fully saturated rings. The van der Waals surface area contributed by atoms with Crippen LogP contribution < -0.4 is 4.74 Å². The van der Waals surface area contributed by atoms with Crippen LogP contribution in [0.15, 0.2) is 78.9 Å². The van der Waals surface area contributed by atoms with E-state index in [1.54, 1.807) is 13.2 Å². The molecule has 1 saturated heterocycles. The lowest BCUT2D eigenvalue weighted by molar-refractivity contribution is -0.138. The molecule has 3 aromatic carbocycles. The lowest BCUT2D eigenvalue weighted by Gasteiger charge is -2.35. The van der Waals surface area contributed by atoms with Gasteiger partial charge in [0, 0.05) is 46.4 Å². The number of ether oxygens (including phenoxy) is 2. The van der Waals surface area contributed by atoms with Crippen molar-refractivity contribution in [3.8, 4) is 39.4 Å². The molecule has 10 heteroatoms. The summed E-state index contributed by atoms with van der Waals surface area (Å²) in [5.74, 6) is -0.0244. The van der Waals surface area contributed by atoms with E-state index >= 15 is 0 Å². The molecule has 1 N–H and O–H groups in total. The lowest BCUT2D eigenvalue weighted by atomic mass is 9.80. The van der Waals surface area contributed by atoms with Gasteiger partial charge in [-0.25, -0.2) is 14.8 Å². The number of hydrogen-bond acceptors (Lipinski definition) is 6. The maximum absolute atomic E-state index is 14.7. The van der Waals surface area contributed by atoms with Crippen molar-refractivity contribution in [1.82, 2.24) is 19.4 Å². The molecule has 9 rings (SSSR count). The van der Waals surface area contributed by atoms with Crippen LogP contribution in [0.25, 0.3) is 55.6 Å². The van der Waals surface area contributed by atoms with Crippen LogP contribution in [-0.4, -0.2) is 69.8 Å². The van der Waals surface area contributed by atoms with E-state index in [1.807, 2.05) is 59.5 Å². The van der Waals surface area contributed by atoms with Gasteiger partial charge in [-0.1, -0.05) is 61.2 Å². The van der Waals surface area contributed by atoms with Gasteiger partial charge in [0.05, 0.1) is 37.2 Å². The Morgan fingerprint density at radius 3 is 2.36 bits per heavy atom. The molecule has 1 atom stereocenters. The van der Waals surface area contributed by atoms with Crippen LogP contribution in [0.4, 0.5) is 0 Å².